The van der Waals surface area contributed by atoms with Crippen LogP contribution in [0.15, 0.2) is 41.6 Å². The highest BCUT2D eigenvalue weighted by atomic mass is 35.5. The molecule has 15 heteroatoms. The number of aromatic nitrogens is 5. The second-order valence-corrected chi connectivity index (χ2v) is 10.4. The first-order valence-electron chi connectivity index (χ1n) is 10.1. The van der Waals surface area contributed by atoms with E-state index in [0.29, 0.717) is 26.8 Å². The molecule has 9 nitrogen and oxygen atoms in total. The van der Waals surface area contributed by atoms with Gasteiger partial charge in [0.2, 0.25) is 11.0 Å². The Labute approximate surface area is 227 Å². The maximum absolute atomic E-state index is 14.1. The first-order chi connectivity index (χ1) is 17.2. The van der Waals surface area contributed by atoms with Crippen molar-refractivity contribution in [2.24, 2.45) is 0 Å². The van der Waals surface area contributed by atoms with E-state index in [1.807, 2.05) is 0 Å². The van der Waals surface area contributed by atoms with Gasteiger partial charge in [0, 0.05) is 0 Å². The maximum Gasteiger partial charge on any atom is 0.256 e. The molecule has 2 N–H and O–H groups in total. The van der Waals surface area contributed by atoms with Crippen molar-refractivity contribution in [3.63, 3.8) is 0 Å². The predicted octanol–water partition coefficient (Wildman–Crippen LogP) is 5.19. The van der Waals surface area contributed by atoms with Gasteiger partial charge in [0.25, 0.3) is 5.91 Å². The van der Waals surface area contributed by atoms with Gasteiger partial charge in [-0.15, -0.1) is 20.4 Å². The number of rotatable bonds is 8. The third-order valence-corrected chi connectivity index (χ3v) is 7.30. The maximum atomic E-state index is 14.1. The van der Waals surface area contributed by atoms with Crippen molar-refractivity contribution < 1.29 is 14.0 Å². The molecule has 0 aliphatic carbocycles. The zero-order chi connectivity index (χ0) is 25.8. The Bertz CT molecular complexity index is 1430. The molecule has 0 saturated heterocycles. The second kappa shape index (κ2) is 11.5. The lowest BCUT2D eigenvalue weighted by Crippen LogP contribution is -2.26. The Morgan fingerprint density at radius 3 is 2.56 bits per heavy atom. The third kappa shape index (κ3) is 6.13. The highest BCUT2D eigenvalue weighted by Crippen LogP contribution is 2.28. The van der Waals surface area contributed by atoms with Crippen molar-refractivity contribution in [1.29, 1.82) is 0 Å². The van der Waals surface area contributed by atoms with Gasteiger partial charge in [0.05, 0.1) is 38.6 Å². The van der Waals surface area contributed by atoms with Gasteiger partial charge in [-0.3, -0.25) is 19.5 Å². The van der Waals surface area contributed by atoms with Gasteiger partial charge in [-0.05, 0) is 37.3 Å². The number of carbonyl (C=O) groups excluding carboxylic acids is 2. The van der Waals surface area contributed by atoms with E-state index < -0.39 is 11.7 Å². The fraction of sp³-hybridized carbons (Fsp3) is 0.143. The Hall–Kier alpha value is -2.77. The van der Waals surface area contributed by atoms with Crippen molar-refractivity contribution in [1.82, 2.24) is 30.3 Å². The molecular formula is C21H15Cl3FN7O2S2. The number of amides is 2. The molecule has 36 heavy (non-hydrogen) atoms. The summed E-state index contributed by atoms with van der Waals surface area (Å²) in [5.41, 5.74) is 0.267. The average molecular weight is 587 g/mol. The lowest BCUT2D eigenvalue weighted by Gasteiger charge is -2.12. The molecule has 4 aromatic rings. The molecule has 0 bridgehead atoms. The molecule has 0 aliphatic heterocycles. The van der Waals surface area contributed by atoms with Gasteiger partial charge in [-0.25, -0.2) is 4.39 Å². The summed E-state index contributed by atoms with van der Waals surface area (Å²) in [5.74, 6) is -1.49. The van der Waals surface area contributed by atoms with Crippen LogP contribution in [-0.4, -0.2) is 42.5 Å². The monoisotopic (exact) mass is 585 g/mol. The normalized spacial score (nSPS) is 10.9. The van der Waals surface area contributed by atoms with E-state index in [0.717, 1.165) is 22.8 Å². The smallest absolute Gasteiger partial charge is 0.256 e. The zero-order valence-electron chi connectivity index (χ0n) is 18.3. The second-order valence-electron chi connectivity index (χ2n) is 7.08. The summed E-state index contributed by atoms with van der Waals surface area (Å²) >= 11 is 20.6. The van der Waals surface area contributed by atoms with Crippen LogP contribution < -0.4 is 10.6 Å². The SMILES string of the molecule is Cc1nnc(NC(=O)CSc2nnc(CNC(=O)c3c(F)cccc3Cl)n2-c2ccc(Cl)c(Cl)c2)s1. The Kier molecular flexibility index (Phi) is 8.42. The van der Waals surface area contributed by atoms with Crippen molar-refractivity contribution in [2.75, 3.05) is 11.1 Å². The Morgan fingerprint density at radius 2 is 1.86 bits per heavy atom. The average Bonchev–Trinajstić information content (AvgIpc) is 3.43. The minimum atomic E-state index is -0.751. The first-order valence-corrected chi connectivity index (χ1v) is 13.0. The molecule has 0 saturated carbocycles. The van der Waals surface area contributed by atoms with Crippen LogP contribution in [0.25, 0.3) is 5.69 Å². The molecular weight excluding hydrogens is 572 g/mol. The number of thioether (sulfide) groups is 1. The number of halogens is 4. The first kappa shape index (κ1) is 26.3. The number of hydrogen-bond donors (Lipinski definition) is 2. The van der Waals surface area contributed by atoms with E-state index in [-0.39, 0.29) is 33.8 Å². The van der Waals surface area contributed by atoms with Gasteiger partial charge in [-0.2, -0.15) is 0 Å². The lowest BCUT2D eigenvalue weighted by atomic mass is 10.2. The van der Waals surface area contributed by atoms with Crippen LogP contribution in [0, 0.1) is 12.7 Å². The summed E-state index contributed by atoms with van der Waals surface area (Å²) in [6.45, 7) is 1.66. The molecule has 0 fully saturated rings. The van der Waals surface area contributed by atoms with Gasteiger partial charge in [-0.1, -0.05) is 64.0 Å². The van der Waals surface area contributed by atoms with Gasteiger partial charge in [0.1, 0.15) is 10.8 Å². The van der Waals surface area contributed by atoms with Crippen LogP contribution >= 0.6 is 57.9 Å². The molecule has 2 heterocycles. The number of nitrogens with zero attached hydrogens (tertiary/aromatic N) is 5. The molecule has 2 amide bonds. The molecule has 0 atom stereocenters. The summed E-state index contributed by atoms with van der Waals surface area (Å²) in [5, 5.41) is 23.4. The molecule has 0 radical (unpaired) electrons. The van der Waals surface area contributed by atoms with Gasteiger partial charge < -0.3 is 5.32 Å². The van der Waals surface area contributed by atoms with E-state index in [2.05, 4.69) is 31.0 Å². The molecule has 2 aromatic heterocycles. The number of nitrogens with one attached hydrogen (secondary N) is 2. The summed E-state index contributed by atoms with van der Waals surface area (Å²) in [7, 11) is 0. The van der Waals surface area contributed by atoms with Crippen LogP contribution in [0.1, 0.15) is 21.2 Å². The Balaban J connectivity index is 1.56. The van der Waals surface area contributed by atoms with E-state index in [9.17, 15) is 14.0 Å². The van der Waals surface area contributed by atoms with Crippen LogP contribution in [0.2, 0.25) is 15.1 Å². The predicted molar refractivity (Wildman–Crippen MR) is 138 cm³/mol. The topological polar surface area (TPSA) is 115 Å². The van der Waals surface area contributed by atoms with Crippen molar-refractivity contribution in [3.05, 3.63) is 73.7 Å². The van der Waals surface area contributed by atoms with Crippen molar-refractivity contribution in [2.45, 2.75) is 18.6 Å². The highest BCUT2D eigenvalue weighted by Gasteiger charge is 2.20. The fourth-order valence-electron chi connectivity index (χ4n) is 2.99. The summed E-state index contributed by atoms with van der Waals surface area (Å²) in [4.78, 5) is 25.0. The quantitative estimate of drug-likeness (QED) is 0.273. The molecule has 0 aliphatic rings. The molecule has 186 valence electrons. The lowest BCUT2D eigenvalue weighted by molar-refractivity contribution is -0.113. The largest absolute Gasteiger partial charge is 0.345 e. The Morgan fingerprint density at radius 1 is 1.06 bits per heavy atom. The highest BCUT2D eigenvalue weighted by molar-refractivity contribution is 7.99. The van der Waals surface area contributed by atoms with E-state index >= 15 is 0 Å². The summed E-state index contributed by atoms with van der Waals surface area (Å²) in [6.07, 6.45) is 0. The van der Waals surface area contributed by atoms with Crippen LogP contribution in [-0.2, 0) is 11.3 Å². The number of anilines is 1. The van der Waals surface area contributed by atoms with Crippen molar-refractivity contribution >= 4 is 74.8 Å². The van der Waals surface area contributed by atoms with E-state index in [1.165, 1.54) is 23.5 Å². The number of hydrogen-bond acceptors (Lipinski definition) is 8. The number of benzene rings is 2. The fourth-order valence-corrected chi connectivity index (χ4v) is 4.91. The molecule has 0 unspecified atom stereocenters. The zero-order valence-corrected chi connectivity index (χ0v) is 22.2. The molecule has 0 spiro atoms. The van der Waals surface area contributed by atoms with Gasteiger partial charge in [0.15, 0.2) is 11.0 Å². The van der Waals surface area contributed by atoms with Crippen LogP contribution in [0.4, 0.5) is 9.52 Å². The van der Waals surface area contributed by atoms with E-state index in [4.69, 9.17) is 34.8 Å². The molecule has 2 aromatic carbocycles. The molecule has 4 rings (SSSR count). The van der Waals surface area contributed by atoms with E-state index in [1.54, 1.807) is 29.7 Å². The van der Waals surface area contributed by atoms with Crippen molar-refractivity contribution in [3.8, 4) is 5.69 Å². The minimum absolute atomic E-state index is 0.00469. The summed E-state index contributed by atoms with van der Waals surface area (Å²) in [6, 6.07) is 8.84. The minimum Gasteiger partial charge on any atom is -0.345 e. The number of carbonyl (C=O) groups is 2. The van der Waals surface area contributed by atoms with Gasteiger partial charge >= 0.3 is 0 Å². The van der Waals surface area contributed by atoms with Crippen LogP contribution in [0.3, 0.4) is 0 Å². The third-order valence-electron chi connectivity index (χ3n) is 4.56. The van der Waals surface area contributed by atoms with Crippen LogP contribution in [0.5, 0.6) is 0 Å². The number of aryl methyl sites for hydroxylation is 1. The standard InChI is InChI=1S/C21H15Cl3FN7O2S2/c1-10-28-30-20(36-10)27-17(33)9-35-21-31-29-16(32(21)11-5-6-12(22)14(24)7-11)8-26-19(34)18-13(23)3-2-4-15(18)25/h2-7H,8-9H2,1H3,(H,26,34)(H,27,30,33). The summed E-state index contributed by atoms with van der Waals surface area (Å²) < 4.78 is 15.7.